The third kappa shape index (κ3) is 3.11. The Morgan fingerprint density at radius 2 is 1.81 bits per heavy atom. The maximum atomic E-state index is 11.9. The molecule has 0 spiro atoms. The zero-order valence-electron chi connectivity index (χ0n) is 9.86. The van der Waals surface area contributed by atoms with Crippen molar-refractivity contribution in [3.05, 3.63) is 46.0 Å². The normalized spacial score (nSPS) is 10.0. The molecule has 0 aliphatic carbocycles. The van der Waals surface area contributed by atoms with Gasteiger partial charge in [0.05, 0.1) is 6.54 Å². The first kappa shape index (κ1) is 12.8. The van der Waals surface area contributed by atoms with E-state index in [1.165, 1.54) is 0 Å². The fourth-order valence-corrected chi connectivity index (χ4v) is 1.87. The molecule has 0 fully saturated rings. The van der Waals surface area contributed by atoms with Crippen molar-refractivity contribution >= 4 is 17.5 Å². The molecule has 0 saturated carbocycles. The molecule has 0 unspecified atom stereocenters. The van der Waals surface area contributed by atoms with E-state index in [1.54, 1.807) is 0 Å². The lowest BCUT2D eigenvalue weighted by atomic mass is 9.99. The topological polar surface area (TPSA) is 29.1 Å². The van der Waals surface area contributed by atoms with Gasteiger partial charge in [0.2, 0.25) is 0 Å². The molecule has 1 aromatic carbocycles. The Hall–Kier alpha value is -1.28. The summed E-state index contributed by atoms with van der Waals surface area (Å²) in [6.45, 7) is 9.72. The van der Waals surface area contributed by atoms with Crippen molar-refractivity contribution in [3.8, 4) is 0 Å². The van der Waals surface area contributed by atoms with Crippen molar-refractivity contribution in [2.45, 2.75) is 20.8 Å². The average molecular weight is 238 g/mol. The molecule has 1 rings (SSSR count). The highest BCUT2D eigenvalue weighted by atomic mass is 35.5. The van der Waals surface area contributed by atoms with Gasteiger partial charge < -0.3 is 5.32 Å². The van der Waals surface area contributed by atoms with Crippen molar-refractivity contribution in [2.75, 3.05) is 6.54 Å². The molecule has 1 aromatic rings. The first-order valence-corrected chi connectivity index (χ1v) is 5.49. The molecule has 16 heavy (non-hydrogen) atoms. The quantitative estimate of drug-likeness (QED) is 0.860. The van der Waals surface area contributed by atoms with Gasteiger partial charge in [0.25, 0.3) is 5.91 Å². The molecular formula is C13H16ClNO. The van der Waals surface area contributed by atoms with Crippen LogP contribution in [0.3, 0.4) is 0 Å². The summed E-state index contributed by atoms with van der Waals surface area (Å²) in [5.41, 5.74) is 3.85. The Bertz CT molecular complexity index is 415. The van der Waals surface area contributed by atoms with E-state index in [1.807, 2.05) is 32.9 Å². The molecule has 0 bridgehead atoms. The van der Waals surface area contributed by atoms with Crippen LogP contribution in [-0.2, 0) is 0 Å². The summed E-state index contributed by atoms with van der Waals surface area (Å²) >= 11 is 5.60. The molecule has 86 valence electrons. The number of carbonyl (C=O) groups is 1. The van der Waals surface area contributed by atoms with E-state index in [2.05, 4.69) is 11.9 Å². The number of nitrogens with one attached hydrogen (secondary N) is 1. The van der Waals surface area contributed by atoms with Crippen molar-refractivity contribution < 1.29 is 4.79 Å². The second kappa shape index (κ2) is 5.17. The molecule has 1 N–H and O–H groups in total. The van der Waals surface area contributed by atoms with Crippen LogP contribution < -0.4 is 5.32 Å². The van der Waals surface area contributed by atoms with E-state index in [4.69, 9.17) is 11.6 Å². The molecule has 1 amide bonds. The highest BCUT2D eigenvalue weighted by molar-refractivity contribution is 6.29. The Balaban J connectivity index is 2.95. The van der Waals surface area contributed by atoms with Gasteiger partial charge in [-0.25, -0.2) is 0 Å². The van der Waals surface area contributed by atoms with Gasteiger partial charge in [0.1, 0.15) is 0 Å². The molecule has 0 atom stereocenters. The molecule has 0 aromatic heterocycles. The SMILES string of the molecule is C=C(Cl)CNC(=O)c1c(C)cc(C)cc1C. The third-order valence-electron chi connectivity index (χ3n) is 2.34. The number of benzene rings is 1. The van der Waals surface area contributed by atoms with Crippen molar-refractivity contribution in [1.29, 1.82) is 0 Å². The number of halogens is 1. The molecule has 3 heteroatoms. The molecular weight excluding hydrogens is 222 g/mol. The molecule has 0 radical (unpaired) electrons. The van der Waals surface area contributed by atoms with Crippen LogP contribution in [0.5, 0.6) is 0 Å². The van der Waals surface area contributed by atoms with Crippen LogP contribution in [0.25, 0.3) is 0 Å². The number of hydrogen-bond donors (Lipinski definition) is 1. The van der Waals surface area contributed by atoms with E-state index >= 15 is 0 Å². The average Bonchev–Trinajstić information content (AvgIpc) is 2.12. The minimum Gasteiger partial charge on any atom is -0.347 e. The van der Waals surface area contributed by atoms with Crippen LogP contribution in [0.2, 0.25) is 0 Å². The summed E-state index contributed by atoms with van der Waals surface area (Å²) in [5.74, 6) is -0.100. The molecule has 0 heterocycles. The summed E-state index contributed by atoms with van der Waals surface area (Å²) in [5, 5.41) is 3.16. The van der Waals surface area contributed by atoms with Crippen molar-refractivity contribution in [3.63, 3.8) is 0 Å². The van der Waals surface area contributed by atoms with Gasteiger partial charge in [-0.15, -0.1) is 0 Å². The predicted octanol–water partition coefficient (Wildman–Crippen LogP) is 3.09. The number of amides is 1. The summed E-state index contributed by atoms with van der Waals surface area (Å²) in [6, 6.07) is 3.99. The van der Waals surface area contributed by atoms with Gasteiger partial charge in [-0.3, -0.25) is 4.79 Å². The summed E-state index contributed by atoms with van der Waals surface area (Å²) < 4.78 is 0. The Labute approximate surface area is 101 Å². The zero-order valence-corrected chi connectivity index (χ0v) is 10.6. The largest absolute Gasteiger partial charge is 0.347 e. The fourth-order valence-electron chi connectivity index (χ4n) is 1.80. The molecule has 0 aliphatic heterocycles. The van der Waals surface area contributed by atoms with Gasteiger partial charge in [0.15, 0.2) is 0 Å². The van der Waals surface area contributed by atoms with E-state index in [9.17, 15) is 4.79 Å². The van der Waals surface area contributed by atoms with Crippen LogP contribution >= 0.6 is 11.6 Å². The van der Waals surface area contributed by atoms with Gasteiger partial charge in [0, 0.05) is 10.6 Å². The Morgan fingerprint density at radius 3 is 2.25 bits per heavy atom. The standard InChI is InChI=1S/C13H16ClNO/c1-8-5-9(2)12(10(3)6-8)13(16)15-7-11(4)14/h5-6H,4,7H2,1-3H3,(H,15,16). The second-order valence-corrected chi connectivity index (χ2v) is 4.51. The van der Waals surface area contributed by atoms with Crippen LogP contribution in [0.4, 0.5) is 0 Å². The van der Waals surface area contributed by atoms with E-state index in [0.717, 1.165) is 22.3 Å². The lowest BCUT2D eigenvalue weighted by Gasteiger charge is -2.11. The van der Waals surface area contributed by atoms with Gasteiger partial charge in [-0.2, -0.15) is 0 Å². The Morgan fingerprint density at radius 1 is 1.31 bits per heavy atom. The number of rotatable bonds is 3. The van der Waals surface area contributed by atoms with Crippen LogP contribution in [0.1, 0.15) is 27.0 Å². The predicted molar refractivity (Wildman–Crippen MR) is 68.0 cm³/mol. The van der Waals surface area contributed by atoms with Crippen LogP contribution in [-0.4, -0.2) is 12.5 Å². The maximum Gasteiger partial charge on any atom is 0.252 e. The second-order valence-electron chi connectivity index (χ2n) is 3.97. The summed E-state index contributed by atoms with van der Waals surface area (Å²) in [6.07, 6.45) is 0. The van der Waals surface area contributed by atoms with Crippen LogP contribution in [0.15, 0.2) is 23.7 Å². The first-order valence-electron chi connectivity index (χ1n) is 5.11. The first-order chi connectivity index (χ1) is 7.41. The number of aryl methyl sites for hydroxylation is 3. The molecule has 0 aliphatic rings. The van der Waals surface area contributed by atoms with Crippen molar-refractivity contribution in [2.24, 2.45) is 0 Å². The lowest BCUT2D eigenvalue weighted by Crippen LogP contribution is -2.26. The lowest BCUT2D eigenvalue weighted by molar-refractivity contribution is 0.0956. The molecule has 0 saturated heterocycles. The highest BCUT2D eigenvalue weighted by Gasteiger charge is 2.12. The van der Waals surface area contributed by atoms with E-state index in [-0.39, 0.29) is 5.91 Å². The van der Waals surface area contributed by atoms with E-state index in [0.29, 0.717) is 11.6 Å². The maximum absolute atomic E-state index is 11.9. The smallest absolute Gasteiger partial charge is 0.252 e. The summed E-state index contributed by atoms with van der Waals surface area (Å²) in [7, 11) is 0. The summed E-state index contributed by atoms with van der Waals surface area (Å²) in [4.78, 5) is 11.9. The van der Waals surface area contributed by atoms with E-state index < -0.39 is 0 Å². The number of carbonyl (C=O) groups excluding carboxylic acids is 1. The Kier molecular flexibility index (Phi) is 4.13. The minimum atomic E-state index is -0.100. The van der Waals surface area contributed by atoms with Crippen molar-refractivity contribution in [1.82, 2.24) is 5.32 Å². The zero-order chi connectivity index (χ0) is 12.3. The number of hydrogen-bond acceptors (Lipinski definition) is 1. The third-order valence-corrected chi connectivity index (χ3v) is 2.48. The highest BCUT2D eigenvalue weighted by Crippen LogP contribution is 2.16. The van der Waals surface area contributed by atoms with Crippen LogP contribution in [0, 0.1) is 20.8 Å². The van der Waals surface area contributed by atoms with Gasteiger partial charge >= 0.3 is 0 Å². The van der Waals surface area contributed by atoms with Gasteiger partial charge in [-0.05, 0) is 31.9 Å². The minimum absolute atomic E-state index is 0.100. The fraction of sp³-hybridized carbons (Fsp3) is 0.308. The van der Waals surface area contributed by atoms with Gasteiger partial charge in [-0.1, -0.05) is 35.9 Å². The monoisotopic (exact) mass is 237 g/mol. The molecule has 2 nitrogen and oxygen atoms in total.